The molecule has 0 aliphatic carbocycles. The van der Waals surface area contributed by atoms with Gasteiger partial charge in [0.05, 0.1) is 11.4 Å². The Labute approximate surface area is 112 Å². The highest BCUT2D eigenvalue weighted by Crippen LogP contribution is 2.28. The van der Waals surface area contributed by atoms with Crippen molar-refractivity contribution in [1.29, 1.82) is 0 Å². The first-order valence-electron chi connectivity index (χ1n) is 6.19. The van der Waals surface area contributed by atoms with Gasteiger partial charge in [-0.1, -0.05) is 13.0 Å². The largest absolute Gasteiger partial charge is 0.397 e. The number of pyridine rings is 1. The van der Waals surface area contributed by atoms with E-state index in [1.54, 1.807) is 6.20 Å². The van der Waals surface area contributed by atoms with E-state index in [1.807, 2.05) is 30.1 Å². The molecule has 18 heavy (non-hydrogen) atoms. The van der Waals surface area contributed by atoms with E-state index < -0.39 is 0 Å². The van der Waals surface area contributed by atoms with E-state index in [4.69, 9.17) is 5.73 Å². The van der Waals surface area contributed by atoms with Crippen LogP contribution in [0.4, 0.5) is 11.4 Å². The predicted molar refractivity (Wildman–Crippen MR) is 82.2 cm³/mol. The van der Waals surface area contributed by atoms with Crippen molar-refractivity contribution in [1.82, 2.24) is 4.98 Å². The second-order valence-electron chi connectivity index (χ2n) is 4.33. The smallest absolute Gasteiger partial charge is 0.0630 e. The fourth-order valence-electron chi connectivity index (χ4n) is 1.92. The number of thioether (sulfide) groups is 1. The Morgan fingerprint density at radius 1 is 1.39 bits per heavy atom. The number of fused-ring (bicyclic) bond motifs is 1. The molecule has 96 valence electrons. The predicted octanol–water partition coefficient (Wildman–Crippen LogP) is 3.37. The molecule has 1 aromatic carbocycles. The monoisotopic (exact) mass is 261 g/mol. The number of anilines is 2. The van der Waals surface area contributed by atoms with Gasteiger partial charge in [0.15, 0.2) is 0 Å². The highest BCUT2D eigenvalue weighted by molar-refractivity contribution is 7.99. The van der Waals surface area contributed by atoms with Gasteiger partial charge >= 0.3 is 0 Å². The van der Waals surface area contributed by atoms with Gasteiger partial charge in [0, 0.05) is 35.0 Å². The first-order chi connectivity index (χ1) is 8.72. The summed E-state index contributed by atoms with van der Waals surface area (Å²) in [5.41, 5.74) is 8.02. The quantitative estimate of drug-likeness (QED) is 0.810. The minimum atomic E-state index is 0.413. The van der Waals surface area contributed by atoms with Crippen molar-refractivity contribution in [2.24, 2.45) is 0 Å². The normalized spacial score (nSPS) is 12.6. The summed E-state index contributed by atoms with van der Waals surface area (Å²) in [6.45, 7) is 4.35. The highest BCUT2D eigenvalue weighted by Gasteiger charge is 2.07. The number of benzene rings is 1. The number of nitrogens with zero attached hydrogens (tertiary/aromatic N) is 1. The molecule has 1 aromatic heterocycles. The van der Waals surface area contributed by atoms with Crippen LogP contribution in [-0.2, 0) is 0 Å². The summed E-state index contributed by atoms with van der Waals surface area (Å²) in [6, 6.07) is 6.46. The van der Waals surface area contributed by atoms with E-state index in [0.29, 0.717) is 6.04 Å². The molecule has 0 bridgehead atoms. The van der Waals surface area contributed by atoms with Crippen LogP contribution in [0.15, 0.2) is 30.6 Å². The third kappa shape index (κ3) is 2.88. The van der Waals surface area contributed by atoms with Gasteiger partial charge in [-0.05, 0) is 24.8 Å². The van der Waals surface area contributed by atoms with Crippen molar-refractivity contribution in [2.75, 3.05) is 22.6 Å². The summed E-state index contributed by atoms with van der Waals surface area (Å²) in [6.07, 6.45) is 3.62. The fourth-order valence-corrected chi connectivity index (χ4v) is 2.59. The molecule has 0 spiro atoms. The topological polar surface area (TPSA) is 50.9 Å². The third-order valence-corrected chi connectivity index (χ3v) is 3.98. The Balaban J connectivity index is 2.21. The van der Waals surface area contributed by atoms with Crippen LogP contribution in [0.1, 0.15) is 13.8 Å². The summed E-state index contributed by atoms with van der Waals surface area (Å²) >= 11 is 1.93. The van der Waals surface area contributed by atoms with E-state index >= 15 is 0 Å². The van der Waals surface area contributed by atoms with Crippen LogP contribution in [0.25, 0.3) is 10.8 Å². The van der Waals surface area contributed by atoms with Crippen LogP contribution >= 0.6 is 11.8 Å². The number of hydrogen-bond acceptors (Lipinski definition) is 4. The van der Waals surface area contributed by atoms with E-state index in [1.165, 1.54) is 0 Å². The number of hydrogen-bond donors (Lipinski definition) is 2. The zero-order valence-corrected chi connectivity index (χ0v) is 11.6. The summed E-state index contributed by atoms with van der Waals surface area (Å²) in [4.78, 5) is 4.11. The Morgan fingerprint density at radius 2 is 2.22 bits per heavy atom. The molecule has 0 amide bonds. The van der Waals surface area contributed by atoms with Gasteiger partial charge in [0.1, 0.15) is 0 Å². The SMILES string of the molecule is CCSCC(C)Nc1ccc2cnccc2c1N. The first-order valence-corrected chi connectivity index (χ1v) is 7.34. The molecule has 0 aliphatic rings. The number of aromatic nitrogens is 1. The average molecular weight is 261 g/mol. The van der Waals surface area contributed by atoms with Crippen molar-refractivity contribution in [2.45, 2.75) is 19.9 Å². The standard InChI is InChI=1S/C14H19N3S/c1-3-18-9-10(2)17-13-5-4-11-8-16-7-6-12(11)14(13)15/h4-8,10,17H,3,9,15H2,1-2H3. The Bertz CT molecular complexity index is 527. The van der Waals surface area contributed by atoms with Crippen LogP contribution in [0.5, 0.6) is 0 Å². The number of nitrogen functional groups attached to an aromatic ring is 1. The molecule has 0 saturated carbocycles. The Hall–Kier alpha value is -1.42. The molecule has 2 rings (SSSR count). The van der Waals surface area contributed by atoms with Crippen molar-refractivity contribution in [3.63, 3.8) is 0 Å². The van der Waals surface area contributed by atoms with Gasteiger partial charge in [0.2, 0.25) is 0 Å². The highest BCUT2D eigenvalue weighted by atomic mass is 32.2. The molecule has 1 heterocycles. The van der Waals surface area contributed by atoms with E-state index in [2.05, 4.69) is 30.2 Å². The molecular formula is C14H19N3S. The number of rotatable bonds is 5. The molecule has 0 fully saturated rings. The van der Waals surface area contributed by atoms with Gasteiger partial charge < -0.3 is 11.1 Å². The minimum Gasteiger partial charge on any atom is -0.397 e. The zero-order chi connectivity index (χ0) is 13.0. The van der Waals surface area contributed by atoms with Crippen molar-refractivity contribution >= 4 is 33.9 Å². The van der Waals surface area contributed by atoms with Gasteiger partial charge in [-0.25, -0.2) is 0 Å². The van der Waals surface area contributed by atoms with Gasteiger partial charge in [-0.2, -0.15) is 11.8 Å². The van der Waals surface area contributed by atoms with Crippen molar-refractivity contribution in [3.8, 4) is 0 Å². The second-order valence-corrected chi connectivity index (χ2v) is 5.65. The average Bonchev–Trinajstić information content (AvgIpc) is 2.40. The van der Waals surface area contributed by atoms with E-state index in [0.717, 1.165) is 33.7 Å². The lowest BCUT2D eigenvalue weighted by molar-refractivity contribution is 0.914. The lowest BCUT2D eigenvalue weighted by Crippen LogP contribution is -2.18. The molecule has 4 heteroatoms. The maximum Gasteiger partial charge on any atom is 0.0630 e. The number of nitrogens with two attached hydrogens (primary N) is 1. The van der Waals surface area contributed by atoms with Crippen LogP contribution < -0.4 is 11.1 Å². The third-order valence-electron chi connectivity index (χ3n) is 2.84. The molecule has 1 unspecified atom stereocenters. The van der Waals surface area contributed by atoms with Gasteiger partial charge in [0.25, 0.3) is 0 Å². The molecule has 1 atom stereocenters. The van der Waals surface area contributed by atoms with Crippen LogP contribution in [-0.4, -0.2) is 22.5 Å². The number of nitrogens with one attached hydrogen (secondary N) is 1. The molecule has 3 nitrogen and oxygen atoms in total. The maximum absolute atomic E-state index is 6.20. The molecule has 3 N–H and O–H groups in total. The summed E-state index contributed by atoms with van der Waals surface area (Å²) < 4.78 is 0. The molecule has 2 aromatic rings. The summed E-state index contributed by atoms with van der Waals surface area (Å²) in [7, 11) is 0. The van der Waals surface area contributed by atoms with Crippen molar-refractivity contribution < 1.29 is 0 Å². The first kappa shape index (κ1) is 13.0. The van der Waals surface area contributed by atoms with Crippen LogP contribution in [0.2, 0.25) is 0 Å². The molecule has 0 saturated heterocycles. The molecular weight excluding hydrogens is 242 g/mol. The molecule has 0 aliphatic heterocycles. The molecule has 0 radical (unpaired) electrons. The van der Waals surface area contributed by atoms with Gasteiger partial charge in [-0.3, -0.25) is 4.98 Å². The lowest BCUT2D eigenvalue weighted by Gasteiger charge is -2.17. The summed E-state index contributed by atoms with van der Waals surface area (Å²) in [5.74, 6) is 2.23. The fraction of sp³-hybridized carbons (Fsp3) is 0.357. The van der Waals surface area contributed by atoms with Gasteiger partial charge in [-0.15, -0.1) is 0 Å². The lowest BCUT2D eigenvalue weighted by atomic mass is 10.1. The summed E-state index contributed by atoms with van der Waals surface area (Å²) in [5, 5.41) is 5.61. The van der Waals surface area contributed by atoms with Crippen LogP contribution in [0.3, 0.4) is 0 Å². The van der Waals surface area contributed by atoms with E-state index in [-0.39, 0.29) is 0 Å². The zero-order valence-electron chi connectivity index (χ0n) is 10.8. The Kier molecular flexibility index (Phi) is 4.31. The van der Waals surface area contributed by atoms with E-state index in [9.17, 15) is 0 Å². The van der Waals surface area contributed by atoms with Crippen LogP contribution in [0, 0.1) is 0 Å². The maximum atomic E-state index is 6.20. The van der Waals surface area contributed by atoms with Crippen molar-refractivity contribution in [3.05, 3.63) is 30.6 Å². The minimum absolute atomic E-state index is 0.413. The second kappa shape index (κ2) is 5.96. The Morgan fingerprint density at radius 3 is 3.00 bits per heavy atom.